The molecule has 0 aromatic heterocycles. The van der Waals surface area contributed by atoms with Crippen LogP contribution in [0, 0.1) is 6.92 Å². The third-order valence-electron chi connectivity index (χ3n) is 6.41. The summed E-state index contributed by atoms with van der Waals surface area (Å²) in [7, 11) is 4.39. The fourth-order valence-electron chi connectivity index (χ4n) is 5.14. The van der Waals surface area contributed by atoms with Crippen molar-refractivity contribution < 1.29 is 23.8 Å². The van der Waals surface area contributed by atoms with Crippen LogP contribution in [0.3, 0.4) is 0 Å². The minimum Gasteiger partial charge on any atom is -0.466 e. The summed E-state index contributed by atoms with van der Waals surface area (Å²) in [5.74, 6) is -1.51. The van der Waals surface area contributed by atoms with Crippen LogP contribution in [0.25, 0.3) is 0 Å². The number of aryl methyl sites for hydroxylation is 1. The molecule has 29 heavy (non-hydrogen) atoms. The van der Waals surface area contributed by atoms with Gasteiger partial charge in [-0.15, -0.1) is 0 Å². The number of hydrogen-bond donors (Lipinski definition) is 0. The Morgan fingerprint density at radius 2 is 1.59 bits per heavy atom. The van der Waals surface area contributed by atoms with Crippen LogP contribution in [0.4, 0.5) is 5.69 Å². The normalized spacial score (nSPS) is 26.6. The highest BCUT2D eigenvalue weighted by molar-refractivity contribution is 6.06. The fraction of sp³-hybridized carbons (Fsp3) is 0.391. The molecule has 0 saturated carbocycles. The van der Waals surface area contributed by atoms with Gasteiger partial charge >= 0.3 is 11.9 Å². The SMILES string of the molecule is COC(=O)C1(C(=O)OC)O[C@H](c2ccc(C)cc2)[C@@]2(C)c3ccccc3N(C)[C@@H]12. The molecule has 2 aromatic carbocycles. The molecule has 0 amide bonds. The van der Waals surface area contributed by atoms with Crippen LogP contribution < -0.4 is 4.90 Å². The number of ether oxygens (including phenoxy) is 3. The van der Waals surface area contributed by atoms with Crippen LogP contribution in [-0.2, 0) is 29.2 Å². The number of likely N-dealkylation sites (N-methyl/N-ethyl adjacent to an activating group) is 1. The number of fused-ring (bicyclic) bond motifs is 3. The molecule has 3 atom stereocenters. The number of carbonyl (C=O) groups excluding carboxylic acids is 2. The monoisotopic (exact) mass is 395 g/mol. The summed E-state index contributed by atoms with van der Waals surface area (Å²) in [4.78, 5) is 28.1. The van der Waals surface area contributed by atoms with Crippen molar-refractivity contribution in [1.29, 1.82) is 0 Å². The lowest BCUT2D eigenvalue weighted by Crippen LogP contribution is -2.62. The minimum atomic E-state index is -1.90. The maximum Gasteiger partial charge on any atom is 0.352 e. The Hall–Kier alpha value is -2.86. The van der Waals surface area contributed by atoms with Crippen LogP contribution in [0.5, 0.6) is 0 Å². The highest BCUT2D eigenvalue weighted by atomic mass is 16.6. The molecule has 0 N–H and O–H groups in total. The van der Waals surface area contributed by atoms with Gasteiger partial charge in [-0.1, -0.05) is 55.0 Å². The van der Waals surface area contributed by atoms with E-state index >= 15 is 0 Å². The number of rotatable bonds is 3. The van der Waals surface area contributed by atoms with Crippen molar-refractivity contribution >= 4 is 17.6 Å². The number of para-hydroxylation sites is 1. The molecule has 2 aliphatic rings. The molecule has 1 fully saturated rings. The van der Waals surface area contributed by atoms with Gasteiger partial charge in [0.2, 0.25) is 0 Å². The number of hydrogen-bond acceptors (Lipinski definition) is 6. The molecular formula is C23H25NO5. The van der Waals surface area contributed by atoms with Crippen LogP contribution in [0.2, 0.25) is 0 Å². The van der Waals surface area contributed by atoms with E-state index in [1.807, 2.05) is 74.3 Å². The topological polar surface area (TPSA) is 65.1 Å². The predicted molar refractivity (Wildman–Crippen MR) is 108 cm³/mol. The lowest BCUT2D eigenvalue weighted by molar-refractivity contribution is -0.187. The number of anilines is 1. The third kappa shape index (κ3) is 2.38. The van der Waals surface area contributed by atoms with Gasteiger partial charge in [0.1, 0.15) is 0 Å². The van der Waals surface area contributed by atoms with E-state index in [0.29, 0.717) is 0 Å². The zero-order chi connectivity index (χ0) is 21.0. The first-order chi connectivity index (χ1) is 13.8. The molecule has 6 heteroatoms. The van der Waals surface area contributed by atoms with Crippen LogP contribution in [0.1, 0.15) is 29.7 Å². The molecule has 0 spiro atoms. The summed E-state index contributed by atoms with van der Waals surface area (Å²) in [5, 5.41) is 0. The average molecular weight is 395 g/mol. The average Bonchev–Trinajstić information content (AvgIpc) is 3.15. The highest BCUT2D eigenvalue weighted by Gasteiger charge is 2.75. The largest absolute Gasteiger partial charge is 0.466 e. The second-order valence-electron chi connectivity index (χ2n) is 7.94. The number of methoxy groups -OCH3 is 2. The standard InChI is InChI=1S/C23H25NO5/c1-14-10-12-15(13-11-14)18-22(2)16-8-6-7-9-17(16)24(3)19(22)23(29-18,20(25)27-4)21(26)28-5/h6-13,18-19H,1-5H3/t18-,19-,22-/m1/s1. The molecule has 2 aromatic rings. The second kappa shape index (κ2) is 6.59. The van der Waals surface area contributed by atoms with E-state index in [2.05, 4.69) is 0 Å². The predicted octanol–water partition coefficient (Wildman–Crippen LogP) is 2.93. The van der Waals surface area contributed by atoms with Gasteiger partial charge in [0.15, 0.2) is 0 Å². The number of nitrogens with zero attached hydrogens (tertiary/aromatic N) is 1. The van der Waals surface area contributed by atoms with Crippen molar-refractivity contribution in [2.45, 2.75) is 37.0 Å². The van der Waals surface area contributed by atoms with E-state index < -0.39 is 35.1 Å². The fourth-order valence-corrected chi connectivity index (χ4v) is 5.14. The van der Waals surface area contributed by atoms with E-state index in [4.69, 9.17) is 14.2 Å². The second-order valence-corrected chi connectivity index (χ2v) is 7.94. The molecule has 6 nitrogen and oxygen atoms in total. The quantitative estimate of drug-likeness (QED) is 0.588. The lowest BCUT2D eigenvalue weighted by atomic mass is 9.69. The zero-order valence-electron chi connectivity index (χ0n) is 17.3. The number of carbonyl (C=O) groups is 2. The first kappa shape index (κ1) is 19.5. The molecule has 1 saturated heterocycles. The summed E-state index contributed by atoms with van der Waals surface area (Å²) in [6.45, 7) is 4.05. The van der Waals surface area contributed by atoms with Gasteiger partial charge in [0, 0.05) is 18.2 Å². The molecule has 0 aliphatic carbocycles. The molecule has 0 bridgehead atoms. The van der Waals surface area contributed by atoms with Gasteiger partial charge in [0.25, 0.3) is 5.60 Å². The third-order valence-corrected chi connectivity index (χ3v) is 6.41. The van der Waals surface area contributed by atoms with E-state index in [1.54, 1.807) is 0 Å². The summed E-state index contributed by atoms with van der Waals surface area (Å²) >= 11 is 0. The Bertz CT molecular complexity index is 953. The van der Waals surface area contributed by atoms with Crippen molar-refractivity contribution in [3.05, 3.63) is 65.2 Å². The van der Waals surface area contributed by atoms with Crippen molar-refractivity contribution in [1.82, 2.24) is 0 Å². The van der Waals surface area contributed by atoms with Crippen molar-refractivity contribution in [2.75, 3.05) is 26.2 Å². The summed E-state index contributed by atoms with van der Waals surface area (Å²) in [5.41, 5.74) is 1.41. The van der Waals surface area contributed by atoms with E-state index in [0.717, 1.165) is 22.4 Å². The van der Waals surface area contributed by atoms with Gasteiger partial charge in [0.05, 0.1) is 26.4 Å². The molecule has 152 valence electrons. The van der Waals surface area contributed by atoms with Gasteiger partial charge in [-0.25, -0.2) is 9.59 Å². The maximum atomic E-state index is 13.1. The molecule has 2 aliphatic heterocycles. The summed E-state index contributed by atoms with van der Waals surface area (Å²) < 4.78 is 16.5. The molecular weight excluding hydrogens is 370 g/mol. The van der Waals surface area contributed by atoms with Gasteiger partial charge in [-0.2, -0.15) is 0 Å². The zero-order valence-corrected chi connectivity index (χ0v) is 17.3. The Morgan fingerprint density at radius 3 is 2.17 bits per heavy atom. The minimum absolute atomic E-state index is 0.544. The number of benzene rings is 2. The Morgan fingerprint density at radius 1 is 1.00 bits per heavy atom. The first-order valence-corrected chi connectivity index (χ1v) is 9.56. The lowest BCUT2D eigenvalue weighted by Gasteiger charge is -2.35. The Balaban J connectivity index is 2.01. The van der Waals surface area contributed by atoms with E-state index in [-0.39, 0.29) is 0 Å². The Kier molecular flexibility index (Phi) is 4.42. The van der Waals surface area contributed by atoms with Crippen LogP contribution in [-0.4, -0.2) is 44.8 Å². The van der Waals surface area contributed by atoms with Crippen molar-refractivity contribution in [3.63, 3.8) is 0 Å². The Labute approximate surface area is 170 Å². The van der Waals surface area contributed by atoms with Crippen molar-refractivity contribution in [2.24, 2.45) is 0 Å². The van der Waals surface area contributed by atoms with Gasteiger partial charge in [-0.3, -0.25) is 0 Å². The number of esters is 2. The summed E-state index contributed by atoms with van der Waals surface area (Å²) in [6, 6.07) is 15.3. The van der Waals surface area contributed by atoms with Crippen LogP contribution >= 0.6 is 0 Å². The highest BCUT2D eigenvalue weighted by Crippen LogP contribution is 2.62. The molecule has 0 radical (unpaired) electrons. The van der Waals surface area contributed by atoms with Gasteiger partial charge < -0.3 is 19.1 Å². The van der Waals surface area contributed by atoms with Crippen molar-refractivity contribution in [3.8, 4) is 0 Å². The maximum absolute atomic E-state index is 13.1. The molecule has 2 heterocycles. The van der Waals surface area contributed by atoms with Crippen LogP contribution in [0.15, 0.2) is 48.5 Å². The first-order valence-electron chi connectivity index (χ1n) is 9.56. The molecule has 0 unspecified atom stereocenters. The van der Waals surface area contributed by atoms with E-state index in [9.17, 15) is 9.59 Å². The molecule has 4 rings (SSSR count). The smallest absolute Gasteiger partial charge is 0.352 e. The van der Waals surface area contributed by atoms with E-state index in [1.165, 1.54) is 14.2 Å². The summed E-state index contributed by atoms with van der Waals surface area (Å²) in [6.07, 6.45) is -0.544. The van der Waals surface area contributed by atoms with Gasteiger partial charge in [-0.05, 0) is 24.1 Å².